The Kier molecular flexibility index (Phi) is 4.44. The van der Waals surface area contributed by atoms with Gasteiger partial charge in [-0.15, -0.1) is 0 Å². The lowest BCUT2D eigenvalue weighted by molar-refractivity contribution is 0.218. The molecule has 2 aliphatic carbocycles. The summed E-state index contributed by atoms with van der Waals surface area (Å²) in [4.78, 5) is 0. The van der Waals surface area contributed by atoms with Crippen LogP contribution in [0.5, 0.6) is 0 Å². The number of rotatable bonds is 6. The highest BCUT2D eigenvalue weighted by Gasteiger charge is 2.37. The molecule has 2 rings (SSSR count). The molecule has 0 bridgehead atoms. The monoisotopic (exact) mass is 261 g/mol. The van der Waals surface area contributed by atoms with E-state index >= 15 is 0 Å². The summed E-state index contributed by atoms with van der Waals surface area (Å²) >= 11 is 0. The fourth-order valence-corrected chi connectivity index (χ4v) is 4.28. The van der Waals surface area contributed by atoms with Crippen LogP contribution in [0, 0.1) is 5.92 Å². The summed E-state index contributed by atoms with van der Waals surface area (Å²) in [5.41, 5.74) is 0. The van der Waals surface area contributed by atoms with Gasteiger partial charge < -0.3 is 5.11 Å². The van der Waals surface area contributed by atoms with Gasteiger partial charge in [-0.05, 0) is 25.2 Å². The third kappa shape index (κ3) is 3.93. The molecule has 0 spiro atoms. The summed E-state index contributed by atoms with van der Waals surface area (Å²) in [6.45, 7) is -0.0809. The van der Waals surface area contributed by atoms with Crippen LogP contribution in [0.25, 0.3) is 0 Å². The molecule has 1 atom stereocenters. The minimum Gasteiger partial charge on any atom is -0.395 e. The highest BCUT2D eigenvalue weighted by atomic mass is 32.2. The summed E-state index contributed by atoms with van der Waals surface area (Å²) in [5, 5.41) is 9.10. The molecule has 2 fully saturated rings. The maximum atomic E-state index is 11.8. The van der Waals surface area contributed by atoms with Crippen LogP contribution in [0.2, 0.25) is 0 Å². The Morgan fingerprint density at radius 3 is 2.29 bits per heavy atom. The number of sulfonamides is 1. The molecular weight excluding hydrogens is 238 g/mol. The van der Waals surface area contributed by atoms with Gasteiger partial charge in [0.05, 0.1) is 11.9 Å². The lowest BCUT2D eigenvalue weighted by Gasteiger charge is -2.26. The third-order valence-corrected chi connectivity index (χ3v) is 5.87. The molecule has 17 heavy (non-hydrogen) atoms. The predicted molar refractivity (Wildman–Crippen MR) is 67.1 cm³/mol. The van der Waals surface area contributed by atoms with Crippen LogP contribution in [0.3, 0.4) is 0 Å². The molecule has 2 saturated carbocycles. The normalized spacial score (nSPS) is 24.8. The standard InChI is InChI=1S/C12H23NO3S/c14-9-11(8-10-4-2-1-3-5-10)13-17(15,16)12-6-7-12/h10-14H,1-9H2. The topological polar surface area (TPSA) is 66.4 Å². The van der Waals surface area contributed by atoms with Gasteiger partial charge in [0.25, 0.3) is 0 Å². The van der Waals surface area contributed by atoms with Gasteiger partial charge in [-0.25, -0.2) is 13.1 Å². The number of hydrogen-bond donors (Lipinski definition) is 2. The van der Waals surface area contributed by atoms with Gasteiger partial charge in [0.1, 0.15) is 0 Å². The van der Waals surface area contributed by atoms with Crippen LogP contribution in [0.1, 0.15) is 51.4 Å². The molecule has 0 radical (unpaired) electrons. The first-order valence-corrected chi connectivity index (χ1v) is 8.28. The molecule has 0 aromatic carbocycles. The van der Waals surface area contributed by atoms with Gasteiger partial charge >= 0.3 is 0 Å². The first-order chi connectivity index (χ1) is 8.12. The highest BCUT2D eigenvalue weighted by molar-refractivity contribution is 7.90. The minimum absolute atomic E-state index is 0.0809. The van der Waals surface area contributed by atoms with E-state index in [1.165, 1.54) is 32.1 Å². The Bertz CT molecular complexity index is 332. The highest BCUT2D eigenvalue weighted by Crippen LogP contribution is 2.30. The van der Waals surface area contributed by atoms with E-state index in [0.29, 0.717) is 5.92 Å². The molecule has 2 N–H and O–H groups in total. The van der Waals surface area contributed by atoms with Crippen molar-refractivity contribution in [3.05, 3.63) is 0 Å². The molecule has 4 nitrogen and oxygen atoms in total. The first kappa shape index (κ1) is 13.3. The summed E-state index contributed by atoms with van der Waals surface area (Å²) in [7, 11) is -3.16. The first-order valence-electron chi connectivity index (χ1n) is 6.74. The van der Waals surface area contributed by atoms with Gasteiger partial charge in [0, 0.05) is 6.04 Å². The molecule has 0 aromatic rings. The molecule has 1 unspecified atom stereocenters. The third-order valence-electron chi connectivity index (χ3n) is 3.86. The molecule has 2 aliphatic rings. The zero-order valence-electron chi connectivity index (χ0n) is 10.3. The lowest BCUT2D eigenvalue weighted by atomic mass is 9.85. The minimum atomic E-state index is -3.16. The van der Waals surface area contributed by atoms with E-state index < -0.39 is 10.0 Å². The molecule has 0 amide bonds. The molecule has 0 aromatic heterocycles. The van der Waals surface area contributed by atoms with Gasteiger partial charge in [-0.1, -0.05) is 32.1 Å². The van der Waals surface area contributed by atoms with E-state index in [1.54, 1.807) is 0 Å². The van der Waals surface area contributed by atoms with E-state index in [2.05, 4.69) is 4.72 Å². The van der Waals surface area contributed by atoms with E-state index in [4.69, 9.17) is 0 Å². The van der Waals surface area contributed by atoms with Gasteiger partial charge in [0.2, 0.25) is 10.0 Å². The predicted octanol–water partition coefficient (Wildman–Crippen LogP) is 1.40. The summed E-state index contributed by atoms with van der Waals surface area (Å²) in [5.74, 6) is 0.586. The lowest BCUT2D eigenvalue weighted by Crippen LogP contribution is -2.40. The molecule has 0 aliphatic heterocycles. The van der Waals surface area contributed by atoms with E-state index in [1.807, 2.05) is 0 Å². The molecule has 0 saturated heterocycles. The number of hydrogen-bond acceptors (Lipinski definition) is 3. The van der Waals surface area contributed by atoms with Crippen molar-refractivity contribution in [3.8, 4) is 0 Å². The van der Waals surface area contributed by atoms with Crippen LogP contribution in [0.15, 0.2) is 0 Å². The molecule has 100 valence electrons. The quantitative estimate of drug-likeness (QED) is 0.759. The van der Waals surface area contributed by atoms with Crippen molar-refractivity contribution in [2.24, 2.45) is 5.92 Å². The Morgan fingerprint density at radius 1 is 1.12 bits per heavy atom. The Morgan fingerprint density at radius 2 is 1.76 bits per heavy atom. The number of aliphatic hydroxyl groups is 1. The second kappa shape index (κ2) is 5.67. The Balaban J connectivity index is 1.83. The van der Waals surface area contributed by atoms with Gasteiger partial charge in [-0.2, -0.15) is 0 Å². The van der Waals surface area contributed by atoms with Crippen molar-refractivity contribution < 1.29 is 13.5 Å². The summed E-state index contributed by atoms with van der Waals surface area (Å²) in [6, 6.07) is -0.274. The fraction of sp³-hybridized carbons (Fsp3) is 1.00. The van der Waals surface area contributed by atoms with E-state index in [9.17, 15) is 13.5 Å². The van der Waals surface area contributed by atoms with Crippen molar-refractivity contribution in [2.75, 3.05) is 6.61 Å². The fourth-order valence-electron chi connectivity index (χ4n) is 2.69. The number of aliphatic hydroxyl groups excluding tert-OH is 1. The smallest absolute Gasteiger partial charge is 0.214 e. The van der Waals surface area contributed by atoms with Crippen LogP contribution in [-0.2, 0) is 10.0 Å². The maximum Gasteiger partial charge on any atom is 0.214 e. The van der Waals surface area contributed by atoms with Crippen molar-refractivity contribution in [1.82, 2.24) is 4.72 Å². The average Bonchev–Trinajstić information content (AvgIpc) is 3.13. The molecule has 5 heteroatoms. The Labute approximate surface area is 104 Å². The zero-order valence-corrected chi connectivity index (χ0v) is 11.1. The Hall–Kier alpha value is -0.130. The number of nitrogens with one attached hydrogen (secondary N) is 1. The second-order valence-electron chi connectivity index (χ2n) is 5.48. The van der Waals surface area contributed by atoms with Crippen LogP contribution < -0.4 is 4.72 Å². The zero-order chi connectivity index (χ0) is 12.3. The van der Waals surface area contributed by atoms with Crippen LogP contribution in [0.4, 0.5) is 0 Å². The summed E-state index contributed by atoms with van der Waals surface area (Å²) < 4.78 is 26.2. The van der Waals surface area contributed by atoms with Crippen molar-refractivity contribution in [3.63, 3.8) is 0 Å². The van der Waals surface area contributed by atoms with Crippen molar-refractivity contribution >= 4 is 10.0 Å². The van der Waals surface area contributed by atoms with Gasteiger partial charge in [-0.3, -0.25) is 0 Å². The SMILES string of the molecule is O=S(=O)(NC(CO)CC1CCCCC1)C1CC1. The van der Waals surface area contributed by atoms with E-state index in [-0.39, 0.29) is 17.9 Å². The average molecular weight is 261 g/mol. The van der Waals surface area contributed by atoms with E-state index in [0.717, 1.165) is 19.3 Å². The van der Waals surface area contributed by atoms with Crippen LogP contribution in [-0.4, -0.2) is 31.4 Å². The second-order valence-corrected chi connectivity index (χ2v) is 7.47. The van der Waals surface area contributed by atoms with Crippen LogP contribution >= 0.6 is 0 Å². The van der Waals surface area contributed by atoms with Crippen molar-refractivity contribution in [2.45, 2.75) is 62.7 Å². The van der Waals surface area contributed by atoms with Crippen molar-refractivity contribution in [1.29, 1.82) is 0 Å². The molecule has 0 heterocycles. The summed E-state index contributed by atoms with van der Waals surface area (Å²) in [6.07, 6.45) is 8.50. The maximum absolute atomic E-state index is 11.8. The largest absolute Gasteiger partial charge is 0.395 e. The van der Waals surface area contributed by atoms with Gasteiger partial charge in [0.15, 0.2) is 0 Å². The molecular formula is C12H23NO3S.